The molecule has 0 unspecified atom stereocenters. The molecule has 0 radical (unpaired) electrons. The van der Waals surface area contributed by atoms with Crippen LogP contribution in [-0.4, -0.2) is 36.5 Å². The van der Waals surface area contributed by atoms with E-state index in [4.69, 9.17) is 4.74 Å². The SMILES string of the molecule is Cc1ccc(CN2CCC3(CCCCc4ccccc4OC[C@H](C)NC3=O)CC2)cc1. The van der Waals surface area contributed by atoms with Gasteiger partial charge in [0, 0.05) is 6.54 Å². The van der Waals surface area contributed by atoms with Crippen molar-refractivity contribution in [3.63, 3.8) is 0 Å². The van der Waals surface area contributed by atoms with E-state index in [1.54, 1.807) is 0 Å². The minimum atomic E-state index is -0.239. The summed E-state index contributed by atoms with van der Waals surface area (Å²) in [5, 5.41) is 3.28. The van der Waals surface area contributed by atoms with Crippen molar-refractivity contribution in [1.29, 1.82) is 0 Å². The minimum absolute atomic E-state index is 0.00226. The van der Waals surface area contributed by atoms with Crippen LogP contribution in [-0.2, 0) is 17.8 Å². The maximum absolute atomic E-state index is 13.4. The lowest BCUT2D eigenvalue weighted by molar-refractivity contribution is -0.135. The van der Waals surface area contributed by atoms with Gasteiger partial charge in [-0.1, -0.05) is 54.4 Å². The number of benzene rings is 2. The first-order valence-corrected chi connectivity index (χ1v) is 11.8. The van der Waals surface area contributed by atoms with Crippen LogP contribution in [0.2, 0.25) is 0 Å². The normalized spacial score (nSPS) is 22.5. The zero-order valence-corrected chi connectivity index (χ0v) is 19.0. The minimum Gasteiger partial charge on any atom is -0.491 e. The van der Waals surface area contributed by atoms with Gasteiger partial charge in [0.2, 0.25) is 5.91 Å². The van der Waals surface area contributed by atoms with Gasteiger partial charge in [0.05, 0.1) is 11.5 Å². The molecule has 166 valence electrons. The first-order chi connectivity index (χ1) is 15.0. The van der Waals surface area contributed by atoms with Crippen LogP contribution in [0.5, 0.6) is 5.75 Å². The molecule has 2 heterocycles. The van der Waals surface area contributed by atoms with Gasteiger partial charge in [0.25, 0.3) is 0 Å². The Morgan fingerprint density at radius 2 is 1.77 bits per heavy atom. The fraction of sp³-hybridized carbons (Fsp3) is 0.519. The molecule has 4 rings (SSSR count). The molecule has 1 N–H and O–H groups in total. The van der Waals surface area contributed by atoms with Gasteiger partial charge in [-0.05, 0) is 76.2 Å². The van der Waals surface area contributed by atoms with E-state index in [-0.39, 0.29) is 17.4 Å². The van der Waals surface area contributed by atoms with Crippen molar-refractivity contribution in [3.8, 4) is 5.75 Å². The number of nitrogens with zero attached hydrogens (tertiary/aromatic N) is 1. The van der Waals surface area contributed by atoms with Crippen molar-refractivity contribution in [2.75, 3.05) is 19.7 Å². The summed E-state index contributed by atoms with van der Waals surface area (Å²) in [7, 11) is 0. The second-order valence-corrected chi connectivity index (χ2v) is 9.54. The van der Waals surface area contributed by atoms with Gasteiger partial charge in [-0.3, -0.25) is 9.69 Å². The van der Waals surface area contributed by atoms with E-state index in [2.05, 4.69) is 53.5 Å². The highest BCUT2D eigenvalue weighted by molar-refractivity contribution is 5.83. The first-order valence-electron chi connectivity index (χ1n) is 11.8. The summed E-state index contributed by atoms with van der Waals surface area (Å²) in [5.41, 5.74) is 3.70. The number of ether oxygens (including phenoxy) is 1. The number of carbonyl (C=O) groups is 1. The standard InChI is InChI=1S/C27H36N2O2/c1-21-10-12-23(13-11-21)19-29-17-15-27(16-18-29)14-6-5-8-24-7-3-4-9-25(24)31-20-22(2)28-26(27)30/h3-4,7,9-13,22H,5-6,8,14-20H2,1-2H3,(H,28,30)/t22-/m0/s1. The van der Waals surface area contributed by atoms with Gasteiger partial charge in [-0.15, -0.1) is 0 Å². The number of fused-ring (bicyclic) bond motifs is 1. The predicted octanol–water partition coefficient (Wildman–Crippen LogP) is 4.89. The molecule has 0 saturated carbocycles. The Balaban J connectivity index is 1.41. The summed E-state index contributed by atoms with van der Waals surface area (Å²) in [6, 6.07) is 17.1. The average Bonchev–Trinajstić information content (AvgIpc) is 2.78. The maximum Gasteiger partial charge on any atom is 0.226 e. The third-order valence-corrected chi connectivity index (χ3v) is 7.01. The van der Waals surface area contributed by atoms with E-state index >= 15 is 0 Å². The van der Waals surface area contributed by atoms with Crippen molar-refractivity contribution in [2.45, 2.75) is 65.0 Å². The molecule has 0 aromatic heterocycles. The fourth-order valence-electron chi connectivity index (χ4n) is 4.94. The molecule has 1 atom stereocenters. The molecular formula is C27H36N2O2. The Bertz CT molecular complexity index is 869. The number of nitrogens with one attached hydrogen (secondary N) is 1. The molecule has 2 aromatic rings. The first kappa shape index (κ1) is 21.9. The summed E-state index contributed by atoms with van der Waals surface area (Å²) >= 11 is 0. The second kappa shape index (κ2) is 9.86. The molecule has 2 aliphatic rings. The number of amides is 1. The molecule has 1 amide bonds. The Hall–Kier alpha value is -2.33. The molecule has 1 spiro atoms. The van der Waals surface area contributed by atoms with Crippen LogP contribution < -0.4 is 10.1 Å². The lowest BCUT2D eigenvalue weighted by atomic mass is 9.73. The third-order valence-electron chi connectivity index (χ3n) is 7.01. The lowest BCUT2D eigenvalue weighted by Crippen LogP contribution is -2.51. The Morgan fingerprint density at radius 1 is 1.03 bits per heavy atom. The predicted molar refractivity (Wildman–Crippen MR) is 125 cm³/mol. The Kier molecular flexibility index (Phi) is 6.96. The number of para-hydroxylation sites is 1. The van der Waals surface area contributed by atoms with Gasteiger partial charge in [0.15, 0.2) is 0 Å². The monoisotopic (exact) mass is 420 g/mol. The summed E-state index contributed by atoms with van der Waals surface area (Å²) in [6.07, 6.45) is 6.05. The van der Waals surface area contributed by atoms with Gasteiger partial charge in [0.1, 0.15) is 12.4 Å². The third kappa shape index (κ3) is 5.48. The number of hydrogen-bond acceptors (Lipinski definition) is 3. The van der Waals surface area contributed by atoms with E-state index < -0.39 is 0 Å². The molecule has 2 aromatic carbocycles. The smallest absolute Gasteiger partial charge is 0.226 e. The molecule has 31 heavy (non-hydrogen) atoms. The van der Waals surface area contributed by atoms with Crippen molar-refractivity contribution >= 4 is 5.91 Å². The molecule has 4 heteroatoms. The quantitative estimate of drug-likeness (QED) is 0.752. The Morgan fingerprint density at radius 3 is 2.55 bits per heavy atom. The molecule has 4 nitrogen and oxygen atoms in total. The number of likely N-dealkylation sites (tertiary alicyclic amines) is 1. The zero-order valence-electron chi connectivity index (χ0n) is 19.0. The van der Waals surface area contributed by atoms with Gasteiger partial charge in [-0.25, -0.2) is 0 Å². The molecule has 0 aliphatic carbocycles. The van der Waals surface area contributed by atoms with E-state index in [1.165, 1.54) is 16.7 Å². The van der Waals surface area contributed by atoms with Crippen molar-refractivity contribution < 1.29 is 9.53 Å². The fourth-order valence-corrected chi connectivity index (χ4v) is 4.94. The van der Waals surface area contributed by atoms with Crippen LogP contribution in [0.4, 0.5) is 0 Å². The van der Waals surface area contributed by atoms with Gasteiger partial charge in [-0.2, -0.15) is 0 Å². The second-order valence-electron chi connectivity index (χ2n) is 9.54. The number of piperidine rings is 1. The largest absolute Gasteiger partial charge is 0.491 e. The van der Waals surface area contributed by atoms with Crippen LogP contribution in [0, 0.1) is 12.3 Å². The van der Waals surface area contributed by atoms with E-state index in [9.17, 15) is 4.79 Å². The molecule has 0 bridgehead atoms. The van der Waals surface area contributed by atoms with Crippen LogP contribution in [0.15, 0.2) is 48.5 Å². The highest BCUT2D eigenvalue weighted by Crippen LogP contribution is 2.38. The molecule has 1 fully saturated rings. The van der Waals surface area contributed by atoms with Crippen LogP contribution in [0.25, 0.3) is 0 Å². The van der Waals surface area contributed by atoms with E-state index in [0.717, 1.165) is 63.9 Å². The summed E-state index contributed by atoms with van der Waals surface area (Å²) in [5.74, 6) is 1.19. The van der Waals surface area contributed by atoms with Crippen LogP contribution in [0.1, 0.15) is 55.7 Å². The highest BCUT2D eigenvalue weighted by Gasteiger charge is 2.41. The Labute approximate surface area is 187 Å². The van der Waals surface area contributed by atoms with Crippen molar-refractivity contribution in [3.05, 3.63) is 65.2 Å². The van der Waals surface area contributed by atoms with Gasteiger partial charge < -0.3 is 10.1 Å². The average molecular weight is 421 g/mol. The van der Waals surface area contributed by atoms with Crippen molar-refractivity contribution in [1.82, 2.24) is 10.2 Å². The number of hydrogen-bond donors (Lipinski definition) is 1. The summed E-state index contributed by atoms with van der Waals surface area (Å²) in [6.45, 7) is 7.62. The molecule has 2 aliphatic heterocycles. The maximum atomic E-state index is 13.4. The summed E-state index contributed by atoms with van der Waals surface area (Å²) in [4.78, 5) is 15.9. The molecule has 1 saturated heterocycles. The number of rotatable bonds is 2. The zero-order chi connectivity index (χ0) is 21.7. The van der Waals surface area contributed by atoms with E-state index in [0.29, 0.717) is 6.61 Å². The number of carbonyl (C=O) groups excluding carboxylic acids is 1. The van der Waals surface area contributed by atoms with Crippen molar-refractivity contribution in [2.24, 2.45) is 5.41 Å². The lowest BCUT2D eigenvalue weighted by Gasteiger charge is -2.41. The summed E-state index contributed by atoms with van der Waals surface area (Å²) < 4.78 is 6.07. The topological polar surface area (TPSA) is 41.6 Å². The van der Waals surface area contributed by atoms with E-state index in [1.807, 2.05) is 19.1 Å². The van der Waals surface area contributed by atoms with Gasteiger partial charge >= 0.3 is 0 Å². The number of aryl methyl sites for hydroxylation is 2. The van der Waals surface area contributed by atoms with Crippen LogP contribution in [0.3, 0.4) is 0 Å². The van der Waals surface area contributed by atoms with Crippen LogP contribution >= 0.6 is 0 Å². The highest BCUT2D eigenvalue weighted by atomic mass is 16.5. The molecular weight excluding hydrogens is 384 g/mol.